The Morgan fingerprint density at radius 2 is 1.72 bits per heavy atom. The van der Waals surface area contributed by atoms with Gasteiger partial charge >= 0.3 is 0 Å². The van der Waals surface area contributed by atoms with Crippen molar-refractivity contribution in [3.8, 4) is 11.5 Å². The normalized spacial score (nSPS) is 16.6. The first-order valence-electron chi connectivity index (χ1n) is 6.31. The van der Waals surface area contributed by atoms with Crippen molar-refractivity contribution in [2.45, 2.75) is 23.7 Å². The number of rotatable bonds is 4. The lowest BCUT2D eigenvalue weighted by atomic mass is 9.89. The summed E-state index contributed by atoms with van der Waals surface area (Å²) in [5, 5.41) is 3.41. The zero-order chi connectivity index (χ0) is 13.0. The highest BCUT2D eigenvalue weighted by atomic mass is 32.2. The van der Waals surface area contributed by atoms with Gasteiger partial charge in [0.1, 0.15) is 11.5 Å². The number of hydrogen-bond donors (Lipinski definition) is 1. The van der Waals surface area contributed by atoms with Crippen LogP contribution in [0.4, 0.5) is 0 Å². The van der Waals surface area contributed by atoms with Crippen molar-refractivity contribution in [3.05, 3.63) is 17.7 Å². The first-order chi connectivity index (χ1) is 8.81. The zero-order valence-corrected chi connectivity index (χ0v) is 12.1. The van der Waals surface area contributed by atoms with Crippen LogP contribution in [0.1, 0.15) is 24.3 Å². The fourth-order valence-electron chi connectivity index (χ4n) is 2.61. The van der Waals surface area contributed by atoms with E-state index in [2.05, 4.69) is 11.6 Å². The number of piperidine rings is 1. The Morgan fingerprint density at radius 3 is 2.28 bits per heavy atom. The van der Waals surface area contributed by atoms with E-state index in [4.69, 9.17) is 9.47 Å². The molecule has 0 unspecified atom stereocenters. The Balaban J connectivity index is 2.45. The quantitative estimate of drug-likeness (QED) is 0.850. The van der Waals surface area contributed by atoms with Crippen molar-refractivity contribution in [2.24, 2.45) is 0 Å². The van der Waals surface area contributed by atoms with Crippen LogP contribution in [0.15, 0.2) is 17.0 Å². The molecule has 0 atom stereocenters. The third kappa shape index (κ3) is 2.59. The summed E-state index contributed by atoms with van der Waals surface area (Å²) in [7, 11) is 3.48. The summed E-state index contributed by atoms with van der Waals surface area (Å²) in [6.45, 7) is 2.16. The second kappa shape index (κ2) is 6.34. The predicted octanol–water partition coefficient (Wildman–Crippen LogP) is 2.89. The van der Waals surface area contributed by atoms with Gasteiger partial charge in [-0.2, -0.15) is 0 Å². The molecule has 100 valence electrons. The maximum atomic E-state index is 5.55. The van der Waals surface area contributed by atoms with Crippen LogP contribution in [0.25, 0.3) is 0 Å². The van der Waals surface area contributed by atoms with E-state index >= 15 is 0 Å². The third-order valence-electron chi connectivity index (χ3n) is 3.51. The molecule has 0 saturated carbocycles. The van der Waals surface area contributed by atoms with Crippen LogP contribution < -0.4 is 14.8 Å². The van der Waals surface area contributed by atoms with Crippen molar-refractivity contribution >= 4 is 11.8 Å². The van der Waals surface area contributed by atoms with Crippen molar-refractivity contribution in [1.82, 2.24) is 5.32 Å². The van der Waals surface area contributed by atoms with Gasteiger partial charge in [0.2, 0.25) is 0 Å². The summed E-state index contributed by atoms with van der Waals surface area (Å²) >= 11 is 1.74. The van der Waals surface area contributed by atoms with Gasteiger partial charge in [0.25, 0.3) is 0 Å². The molecule has 1 heterocycles. The molecule has 0 radical (unpaired) electrons. The molecule has 1 saturated heterocycles. The minimum absolute atomic E-state index is 0.568. The second-order valence-electron chi connectivity index (χ2n) is 4.44. The van der Waals surface area contributed by atoms with Gasteiger partial charge in [0.15, 0.2) is 0 Å². The smallest absolute Gasteiger partial charge is 0.132 e. The molecule has 3 nitrogen and oxygen atoms in total. The maximum absolute atomic E-state index is 5.55. The third-order valence-corrected chi connectivity index (χ3v) is 4.34. The molecular formula is C14H21NO2S. The standard InChI is InChI=1S/C14H21NO2S/c1-16-11-4-5-12(17-2)14(18-3)13(11)10-6-8-15-9-7-10/h4-5,10,15H,6-9H2,1-3H3. The first kappa shape index (κ1) is 13.6. The van der Waals surface area contributed by atoms with Crippen LogP contribution in [0.3, 0.4) is 0 Å². The Bertz CT molecular complexity index is 403. The van der Waals surface area contributed by atoms with E-state index in [-0.39, 0.29) is 0 Å². The van der Waals surface area contributed by atoms with Crippen LogP contribution in [0.5, 0.6) is 11.5 Å². The molecule has 1 aromatic carbocycles. The molecule has 0 aromatic heterocycles. The number of nitrogens with one attached hydrogen (secondary N) is 1. The summed E-state index contributed by atoms with van der Waals surface area (Å²) < 4.78 is 11.0. The lowest BCUT2D eigenvalue weighted by Crippen LogP contribution is -2.27. The van der Waals surface area contributed by atoms with Crippen molar-refractivity contribution in [1.29, 1.82) is 0 Å². The molecule has 0 bridgehead atoms. The van der Waals surface area contributed by atoms with E-state index in [0.717, 1.165) is 37.4 Å². The second-order valence-corrected chi connectivity index (χ2v) is 5.26. The molecule has 1 aliphatic heterocycles. The van der Waals surface area contributed by atoms with Gasteiger partial charge in [-0.15, -0.1) is 11.8 Å². The van der Waals surface area contributed by atoms with Gasteiger partial charge in [0, 0.05) is 5.56 Å². The highest BCUT2D eigenvalue weighted by molar-refractivity contribution is 7.98. The van der Waals surface area contributed by atoms with Crippen LogP contribution in [0.2, 0.25) is 0 Å². The molecule has 18 heavy (non-hydrogen) atoms. The van der Waals surface area contributed by atoms with Gasteiger partial charge in [-0.1, -0.05) is 0 Å². The molecule has 1 aliphatic rings. The van der Waals surface area contributed by atoms with Gasteiger partial charge in [-0.25, -0.2) is 0 Å². The van der Waals surface area contributed by atoms with Crippen LogP contribution in [-0.4, -0.2) is 33.6 Å². The van der Waals surface area contributed by atoms with Crippen molar-refractivity contribution < 1.29 is 9.47 Å². The molecule has 4 heteroatoms. The van der Waals surface area contributed by atoms with Crippen molar-refractivity contribution in [2.75, 3.05) is 33.6 Å². The Hall–Kier alpha value is -0.870. The average molecular weight is 267 g/mol. The molecule has 0 amide bonds. The van der Waals surface area contributed by atoms with E-state index in [0.29, 0.717) is 5.92 Å². The number of methoxy groups -OCH3 is 2. The number of thioether (sulfide) groups is 1. The fraction of sp³-hybridized carbons (Fsp3) is 0.571. The molecule has 1 aromatic rings. The SMILES string of the molecule is COc1ccc(OC)c(C2CCNCC2)c1SC. The van der Waals surface area contributed by atoms with Gasteiger partial charge in [0.05, 0.1) is 19.1 Å². The van der Waals surface area contributed by atoms with E-state index in [9.17, 15) is 0 Å². The molecule has 1 fully saturated rings. The Labute approximate surface area is 113 Å². The van der Waals surface area contributed by atoms with Crippen LogP contribution in [-0.2, 0) is 0 Å². The molecule has 2 rings (SSSR count). The number of hydrogen-bond acceptors (Lipinski definition) is 4. The summed E-state index contributed by atoms with van der Waals surface area (Å²) in [4.78, 5) is 1.23. The van der Waals surface area contributed by atoms with Crippen LogP contribution >= 0.6 is 11.8 Å². The largest absolute Gasteiger partial charge is 0.496 e. The van der Waals surface area contributed by atoms with Crippen LogP contribution in [0, 0.1) is 0 Å². The van der Waals surface area contributed by atoms with Gasteiger partial charge in [-0.3, -0.25) is 0 Å². The molecule has 1 N–H and O–H groups in total. The summed E-state index contributed by atoms with van der Waals surface area (Å²) in [6.07, 6.45) is 4.43. The Morgan fingerprint density at radius 1 is 1.11 bits per heavy atom. The monoisotopic (exact) mass is 267 g/mol. The maximum Gasteiger partial charge on any atom is 0.132 e. The topological polar surface area (TPSA) is 30.5 Å². The minimum Gasteiger partial charge on any atom is -0.496 e. The lowest BCUT2D eigenvalue weighted by Gasteiger charge is -2.27. The average Bonchev–Trinajstić information content (AvgIpc) is 2.46. The highest BCUT2D eigenvalue weighted by Gasteiger charge is 2.24. The van der Waals surface area contributed by atoms with Gasteiger partial charge < -0.3 is 14.8 Å². The van der Waals surface area contributed by atoms with Gasteiger partial charge in [-0.05, 0) is 50.2 Å². The summed E-state index contributed by atoms with van der Waals surface area (Å²) in [6, 6.07) is 4.02. The first-order valence-corrected chi connectivity index (χ1v) is 7.53. The van der Waals surface area contributed by atoms with E-state index in [1.54, 1.807) is 26.0 Å². The van der Waals surface area contributed by atoms with E-state index in [1.165, 1.54) is 10.5 Å². The molecule has 0 spiro atoms. The number of benzene rings is 1. The minimum atomic E-state index is 0.568. The van der Waals surface area contributed by atoms with E-state index in [1.807, 2.05) is 12.1 Å². The lowest BCUT2D eigenvalue weighted by molar-refractivity contribution is 0.374. The van der Waals surface area contributed by atoms with Crippen molar-refractivity contribution in [3.63, 3.8) is 0 Å². The predicted molar refractivity (Wildman–Crippen MR) is 76.2 cm³/mol. The summed E-state index contributed by atoms with van der Waals surface area (Å²) in [5.74, 6) is 2.52. The van der Waals surface area contributed by atoms with E-state index < -0.39 is 0 Å². The number of ether oxygens (including phenoxy) is 2. The fourth-order valence-corrected chi connectivity index (χ4v) is 3.45. The molecular weight excluding hydrogens is 246 g/mol. The Kier molecular flexibility index (Phi) is 4.78. The highest BCUT2D eigenvalue weighted by Crippen LogP contribution is 2.43. The molecule has 0 aliphatic carbocycles. The zero-order valence-electron chi connectivity index (χ0n) is 11.3. The summed E-state index contributed by atoms with van der Waals surface area (Å²) in [5.41, 5.74) is 1.32.